The summed E-state index contributed by atoms with van der Waals surface area (Å²) in [5, 5.41) is 0. The number of hydrogen-bond acceptors (Lipinski definition) is 5. The first-order chi connectivity index (χ1) is 11.1. The zero-order chi connectivity index (χ0) is 18.1. The second-order valence-electron chi connectivity index (χ2n) is 5.48. The van der Waals surface area contributed by atoms with Crippen LogP contribution in [-0.2, 0) is 19.7 Å². The molecule has 2 rings (SSSR count). The Labute approximate surface area is 139 Å². The third kappa shape index (κ3) is 3.75. The summed E-state index contributed by atoms with van der Waals surface area (Å²) in [7, 11) is -7.87. The largest absolute Gasteiger partial charge is 0.341 e. The molecule has 0 saturated carbocycles. The maximum Gasteiger partial charge on any atom is 0.341 e. The normalized spacial score (nSPS) is 20.2. The molecule has 24 heavy (non-hydrogen) atoms. The molecule has 0 aromatic heterocycles. The van der Waals surface area contributed by atoms with Crippen LogP contribution in [0.2, 0.25) is 0 Å². The van der Waals surface area contributed by atoms with Gasteiger partial charge in [0.2, 0.25) is 9.84 Å². The first-order valence-corrected chi connectivity index (χ1v) is 10.6. The quantitative estimate of drug-likeness (QED) is 0.768. The lowest BCUT2D eigenvalue weighted by Crippen LogP contribution is -2.40. The molecule has 134 valence electrons. The maximum atomic E-state index is 12.5. The van der Waals surface area contributed by atoms with Crippen molar-refractivity contribution >= 4 is 25.6 Å². The summed E-state index contributed by atoms with van der Waals surface area (Å²) < 4.78 is 70.9. The predicted octanol–water partition coefficient (Wildman–Crippen LogP) is 1.33. The number of benzene rings is 1. The molecule has 1 amide bonds. The van der Waals surface area contributed by atoms with Crippen LogP contribution in [0.5, 0.6) is 0 Å². The highest BCUT2D eigenvalue weighted by Gasteiger charge is 2.34. The minimum Gasteiger partial charge on any atom is -0.335 e. The summed E-state index contributed by atoms with van der Waals surface area (Å²) in [6, 6.07) is 3.78. The molecule has 1 heterocycles. The van der Waals surface area contributed by atoms with E-state index >= 15 is 0 Å². The van der Waals surface area contributed by atoms with Crippen LogP contribution in [0, 0.1) is 0 Å². The fraction of sp³-hybridized carbons (Fsp3) is 0.500. The Morgan fingerprint density at radius 1 is 1.29 bits per heavy atom. The van der Waals surface area contributed by atoms with Crippen molar-refractivity contribution < 1.29 is 30.4 Å². The number of nitrogens with zero attached hydrogens (tertiary/aromatic N) is 1. The van der Waals surface area contributed by atoms with E-state index in [9.17, 15) is 30.4 Å². The number of amides is 1. The molecule has 0 aliphatic carbocycles. The van der Waals surface area contributed by atoms with E-state index in [-0.39, 0.29) is 23.6 Å². The minimum atomic E-state index is -4.71. The summed E-state index contributed by atoms with van der Waals surface area (Å²) in [6.45, 7) is 1.99. The molecule has 10 heteroatoms. The van der Waals surface area contributed by atoms with E-state index in [0.717, 1.165) is 24.3 Å². The van der Waals surface area contributed by atoms with Gasteiger partial charge in [-0.05, 0) is 37.6 Å². The van der Waals surface area contributed by atoms with E-state index in [1.165, 1.54) is 4.90 Å². The SMILES string of the molecule is CCN(C(=O)c1ccc(S(=O)(=O)C(F)F)cc1)[C@H]1CCS(=O)(=O)C1. The van der Waals surface area contributed by atoms with E-state index in [4.69, 9.17) is 0 Å². The highest BCUT2D eigenvalue weighted by atomic mass is 32.2. The van der Waals surface area contributed by atoms with E-state index in [1.807, 2.05) is 0 Å². The van der Waals surface area contributed by atoms with Crippen molar-refractivity contribution in [2.75, 3.05) is 18.1 Å². The lowest BCUT2D eigenvalue weighted by Gasteiger charge is -2.27. The van der Waals surface area contributed by atoms with E-state index in [2.05, 4.69) is 0 Å². The first-order valence-electron chi connectivity index (χ1n) is 7.22. The van der Waals surface area contributed by atoms with Gasteiger partial charge in [-0.15, -0.1) is 0 Å². The van der Waals surface area contributed by atoms with Crippen LogP contribution in [0.4, 0.5) is 8.78 Å². The molecule has 0 radical (unpaired) electrons. The molecular formula is C14H17F2NO5S2. The Balaban J connectivity index is 2.23. The lowest BCUT2D eigenvalue weighted by molar-refractivity contribution is 0.0708. The number of alkyl halides is 2. The summed E-state index contributed by atoms with van der Waals surface area (Å²) >= 11 is 0. The molecule has 0 bridgehead atoms. The highest BCUT2D eigenvalue weighted by molar-refractivity contribution is 7.92. The minimum absolute atomic E-state index is 0.0208. The molecular weight excluding hydrogens is 364 g/mol. The Morgan fingerprint density at radius 2 is 1.88 bits per heavy atom. The van der Waals surface area contributed by atoms with Crippen molar-refractivity contribution in [2.45, 2.75) is 30.0 Å². The monoisotopic (exact) mass is 381 g/mol. The molecule has 1 aromatic carbocycles. The molecule has 1 aliphatic heterocycles. The molecule has 0 spiro atoms. The number of sulfone groups is 2. The van der Waals surface area contributed by atoms with Gasteiger partial charge in [-0.3, -0.25) is 4.79 Å². The molecule has 1 aliphatic rings. The molecule has 0 unspecified atom stereocenters. The van der Waals surface area contributed by atoms with Crippen LogP contribution in [0.25, 0.3) is 0 Å². The van der Waals surface area contributed by atoms with Crippen molar-refractivity contribution in [3.8, 4) is 0 Å². The second kappa shape index (κ2) is 6.75. The second-order valence-corrected chi connectivity index (χ2v) is 9.62. The maximum absolute atomic E-state index is 12.5. The van der Waals surface area contributed by atoms with Crippen molar-refractivity contribution in [3.63, 3.8) is 0 Å². The van der Waals surface area contributed by atoms with Crippen LogP contribution >= 0.6 is 0 Å². The van der Waals surface area contributed by atoms with Gasteiger partial charge < -0.3 is 4.90 Å². The zero-order valence-corrected chi connectivity index (χ0v) is 14.5. The summed E-state index contributed by atoms with van der Waals surface area (Å²) in [5.74, 6) is -4.08. The predicted molar refractivity (Wildman–Crippen MR) is 83.4 cm³/mol. The Hall–Kier alpha value is -1.55. The molecule has 1 fully saturated rings. The van der Waals surface area contributed by atoms with Gasteiger partial charge in [-0.25, -0.2) is 16.8 Å². The van der Waals surface area contributed by atoms with E-state index in [1.54, 1.807) is 6.92 Å². The Kier molecular flexibility index (Phi) is 5.28. The highest BCUT2D eigenvalue weighted by Crippen LogP contribution is 2.22. The van der Waals surface area contributed by atoms with Gasteiger partial charge in [0.1, 0.15) is 0 Å². The smallest absolute Gasteiger partial charge is 0.335 e. The summed E-state index contributed by atoms with van der Waals surface area (Å²) in [5.41, 5.74) is 0.120. The van der Waals surface area contributed by atoms with Crippen molar-refractivity contribution in [1.82, 2.24) is 4.90 Å². The average molecular weight is 381 g/mol. The molecule has 1 saturated heterocycles. The van der Waals surface area contributed by atoms with Gasteiger partial charge >= 0.3 is 5.76 Å². The van der Waals surface area contributed by atoms with Crippen LogP contribution in [-0.4, -0.2) is 57.5 Å². The van der Waals surface area contributed by atoms with Gasteiger partial charge in [0.15, 0.2) is 9.84 Å². The average Bonchev–Trinajstić information content (AvgIpc) is 2.87. The number of halogens is 2. The number of hydrogen-bond donors (Lipinski definition) is 0. The lowest BCUT2D eigenvalue weighted by atomic mass is 10.1. The zero-order valence-electron chi connectivity index (χ0n) is 12.9. The van der Waals surface area contributed by atoms with Crippen molar-refractivity contribution in [2.24, 2.45) is 0 Å². The Morgan fingerprint density at radius 3 is 2.29 bits per heavy atom. The number of carbonyl (C=O) groups is 1. The van der Waals surface area contributed by atoms with Gasteiger partial charge in [0.05, 0.1) is 16.4 Å². The van der Waals surface area contributed by atoms with Gasteiger partial charge in [0, 0.05) is 18.2 Å². The standard InChI is InChI=1S/C14H17F2NO5S2/c1-2-17(11-7-8-23(19,20)9-11)13(18)10-3-5-12(6-4-10)24(21,22)14(15)16/h3-6,11,14H,2,7-9H2,1H3/t11-/m0/s1. The summed E-state index contributed by atoms with van der Waals surface area (Å²) in [6.07, 6.45) is 0.347. The molecule has 1 aromatic rings. The molecule has 1 atom stereocenters. The van der Waals surface area contributed by atoms with Crippen molar-refractivity contribution in [1.29, 1.82) is 0 Å². The van der Waals surface area contributed by atoms with Crippen LogP contribution in [0.1, 0.15) is 23.7 Å². The topological polar surface area (TPSA) is 88.6 Å². The van der Waals surface area contributed by atoms with Crippen LogP contribution < -0.4 is 0 Å². The van der Waals surface area contributed by atoms with Gasteiger partial charge in [0.25, 0.3) is 5.91 Å². The van der Waals surface area contributed by atoms with E-state index < -0.39 is 42.3 Å². The Bertz CT molecular complexity index is 819. The molecule has 6 nitrogen and oxygen atoms in total. The molecule has 0 N–H and O–H groups in total. The van der Waals surface area contributed by atoms with Gasteiger partial charge in [-0.1, -0.05) is 0 Å². The number of carbonyl (C=O) groups excluding carboxylic acids is 1. The third-order valence-corrected chi connectivity index (χ3v) is 7.06. The fourth-order valence-electron chi connectivity index (χ4n) is 2.64. The van der Waals surface area contributed by atoms with Crippen molar-refractivity contribution in [3.05, 3.63) is 29.8 Å². The van der Waals surface area contributed by atoms with Crippen LogP contribution in [0.15, 0.2) is 29.2 Å². The third-order valence-electron chi connectivity index (χ3n) is 3.92. The van der Waals surface area contributed by atoms with Gasteiger partial charge in [-0.2, -0.15) is 8.78 Å². The fourth-order valence-corrected chi connectivity index (χ4v) is 5.10. The summed E-state index contributed by atoms with van der Waals surface area (Å²) in [4.78, 5) is 13.3. The number of rotatable bonds is 5. The van der Waals surface area contributed by atoms with Crippen LogP contribution in [0.3, 0.4) is 0 Å². The van der Waals surface area contributed by atoms with E-state index in [0.29, 0.717) is 6.42 Å². The first kappa shape index (κ1) is 18.8.